The molecule has 0 amide bonds. The number of alkyl halides is 6. The zero-order chi connectivity index (χ0) is 21.0. The first-order chi connectivity index (χ1) is 13.5. The van der Waals surface area contributed by atoms with Crippen LogP contribution < -0.4 is 0 Å². The third-order valence-electron chi connectivity index (χ3n) is 5.92. The van der Waals surface area contributed by atoms with Gasteiger partial charge < -0.3 is 0 Å². The maximum Gasteiger partial charge on any atom is 0.416 e. The van der Waals surface area contributed by atoms with E-state index in [-0.39, 0.29) is 17.7 Å². The largest absolute Gasteiger partial charge is 0.416 e. The third-order valence-corrected chi connectivity index (χ3v) is 5.92. The summed E-state index contributed by atoms with van der Waals surface area (Å²) in [5.41, 5.74) is -1.37. The van der Waals surface area contributed by atoms with Gasteiger partial charge in [0.1, 0.15) is 0 Å². The van der Waals surface area contributed by atoms with Crippen molar-refractivity contribution in [3.8, 4) is 11.1 Å². The number of rotatable bonds is 2. The van der Waals surface area contributed by atoms with Gasteiger partial charge in [0, 0.05) is 12.1 Å². The lowest BCUT2D eigenvalue weighted by molar-refractivity contribution is -0.143. The molecule has 0 saturated carbocycles. The van der Waals surface area contributed by atoms with Gasteiger partial charge in [-0.2, -0.15) is 26.3 Å². The van der Waals surface area contributed by atoms with Gasteiger partial charge in [-0.05, 0) is 60.7 Å². The molecule has 1 aliphatic carbocycles. The average molecular weight is 411 g/mol. The molecule has 7 heteroatoms. The van der Waals surface area contributed by atoms with E-state index in [1.807, 2.05) is 7.05 Å². The van der Waals surface area contributed by atoms with Crippen molar-refractivity contribution in [3.63, 3.8) is 0 Å². The van der Waals surface area contributed by atoms with Crippen LogP contribution in [0.25, 0.3) is 11.1 Å². The molecule has 29 heavy (non-hydrogen) atoms. The summed E-state index contributed by atoms with van der Waals surface area (Å²) in [6.07, 6.45) is -3.15. The number of fused-ring (bicyclic) bond motifs is 2. The molecule has 5 rings (SSSR count). The van der Waals surface area contributed by atoms with Crippen LogP contribution in [0.2, 0.25) is 0 Å². The number of benzene rings is 2. The highest BCUT2D eigenvalue weighted by atomic mass is 19.4. The van der Waals surface area contributed by atoms with Crippen molar-refractivity contribution in [2.24, 2.45) is 5.92 Å². The first-order valence-corrected chi connectivity index (χ1v) is 9.34. The summed E-state index contributed by atoms with van der Waals surface area (Å²) in [5, 5.41) is 0. The zero-order valence-corrected chi connectivity index (χ0v) is 15.6. The highest BCUT2D eigenvalue weighted by Crippen LogP contribution is 2.43. The lowest BCUT2D eigenvalue weighted by Crippen LogP contribution is -2.44. The Bertz CT molecular complexity index is 894. The third kappa shape index (κ3) is 3.80. The van der Waals surface area contributed by atoms with Gasteiger partial charge in [-0.25, -0.2) is 0 Å². The molecule has 0 spiro atoms. The second kappa shape index (κ2) is 6.90. The van der Waals surface area contributed by atoms with Crippen LogP contribution in [0.1, 0.15) is 35.6 Å². The van der Waals surface area contributed by atoms with E-state index in [0.29, 0.717) is 17.5 Å². The Hall–Kier alpha value is -2.28. The molecule has 0 unspecified atom stereocenters. The van der Waals surface area contributed by atoms with Crippen LogP contribution >= 0.6 is 0 Å². The van der Waals surface area contributed by atoms with Crippen molar-refractivity contribution in [1.82, 2.24) is 4.90 Å². The number of halogens is 6. The van der Waals surface area contributed by atoms with Gasteiger partial charge in [-0.15, -0.1) is 0 Å². The Kier molecular flexibility index (Phi) is 4.76. The summed E-state index contributed by atoms with van der Waals surface area (Å²) in [6.45, 7) is 0. The van der Waals surface area contributed by atoms with Gasteiger partial charge in [-0.3, -0.25) is 4.90 Å². The van der Waals surface area contributed by atoms with E-state index in [0.717, 1.165) is 30.5 Å². The number of likely N-dealkylation sites (N-methyl/N-ethyl adjacent to an activating group) is 1. The Labute approximate surface area is 164 Å². The normalized spacial score (nSPS) is 24.9. The Morgan fingerprint density at radius 2 is 1.34 bits per heavy atom. The van der Waals surface area contributed by atoms with Crippen LogP contribution in [0.5, 0.6) is 0 Å². The Morgan fingerprint density at radius 3 is 1.79 bits per heavy atom. The molecule has 2 heterocycles. The summed E-state index contributed by atoms with van der Waals surface area (Å²) < 4.78 is 78.7. The number of hydrogen-bond donors (Lipinski definition) is 0. The van der Waals surface area contributed by atoms with Crippen molar-refractivity contribution >= 4 is 0 Å². The highest BCUT2D eigenvalue weighted by Gasteiger charge is 2.38. The number of nitrogens with zero attached hydrogens (tertiary/aromatic N) is 1. The van der Waals surface area contributed by atoms with Crippen LogP contribution in [0.3, 0.4) is 0 Å². The standard InChI is InChI=1S/C22H19F6N/c1-29-19-8-6-15(7-9-19)20(29)14-4-2-13(3-5-14)16-10-17(21(23,24)25)12-18(11-16)22(26,27)28/h2-6,8,10-12,15,19-20H,7,9H2,1H3/t15-,19+,20-/m0/s1. The van der Waals surface area contributed by atoms with Crippen molar-refractivity contribution < 1.29 is 26.3 Å². The van der Waals surface area contributed by atoms with Crippen LogP contribution in [0.15, 0.2) is 54.6 Å². The molecule has 0 N–H and O–H groups in total. The van der Waals surface area contributed by atoms with Gasteiger partial charge in [0.2, 0.25) is 0 Å². The molecular weight excluding hydrogens is 392 g/mol. The number of piperidine rings is 1. The van der Waals surface area contributed by atoms with E-state index < -0.39 is 23.5 Å². The fourth-order valence-corrected chi connectivity index (χ4v) is 4.41. The predicted molar refractivity (Wildman–Crippen MR) is 98.0 cm³/mol. The molecule has 2 aliphatic heterocycles. The van der Waals surface area contributed by atoms with E-state index in [4.69, 9.17) is 0 Å². The molecule has 1 saturated heterocycles. The fraction of sp³-hybridized carbons (Fsp3) is 0.364. The van der Waals surface area contributed by atoms with Gasteiger partial charge in [0.25, 0.3) is 0 Å². The molecule has 2 aromatic rings. The minimum absolute atomic E-state index is 0.0999. The van der Waals surface area contributed by atoms with Gasteiger partial charge in [0.05, 0.1) is 11.1 Å². The van der Waals surface area contributed by atoms with Gasteiger partial charge in [-0.1, -0.05) is 36.4 Å². The molecule has 0 aromatic heterocycles. The van der Waals surface area contributed by atoms with Gasteiger partial charge in [0.15, 0.2) is 0 Å². The maximum atomic E-state index is 13.1. The van der Waals surface area contributed by atoms with Crippen molar-refractivity contribution in [1.29, 1.82) is 0 Å². The molecule has 2 aromatic carbocycles. The topological polar surface area (TPSA) is 3.24 Å². The Morgan fingerprint density at radius 1 is 0.759 bits per heavy atom. The predicted octanol–water partition coefficient (Wildman–Crippen LogP) is 6.71. The molecule has 2 bridgehead atoms. The first kappa shape index (κ1) is 20.0. The summed E-state index contributed by atoms with van der Waals surface area (Å²) in [7, 11) is 2.04. The molecule has 0 radical (unpaired) electrons. The van der Waals surface area contributed by atoms with Crippen LogP contribution in [0, 0.1) is 5.92 Å². The van der Waals surface area contributed by atoms with E-state index in [1.54, 1.807) is 24.3 Å². The quantitative estimate of drug-likeness (QED) is 0.392. The summed E-state index contributed by atoms with van der Waals surface area (Å²) in [4.78, 5) is 2.27. The maximum absolute atomic E-state index is 13.1. The molecular formula is C22H19F6N. The zero-order valence-electron chi connectivity index (χ0n) is 15.6. The monoisotopic (exact) mass is 411 g/mol. The minimum atomic E-state index is -4.85. The fourth-order valence-electron chi connectivity index (χ4n) is 4.41. The lowest BCUT2D eigenvalue weighted by atomic mass is 9.77. The molecule has 3 aliphatic rings. The Balaban J connectivity index is 1.70. The van der Waals surface area contributed by atoms with Crippen LogP contribution in [-0.2, 0) is 12.4 Å². The van der Waals surface area contributed by atoms with E-state index in [1.165, 1.54) is 0 Å². The smallest absolute Gasteiger partial charge is 0.292 e. The summed E-state index contributed by atoms with van der Waals surface area (Å²) >= 11 is 0. The van der Waals surface area contributed by atoms with E-state index in [2.05, 4.69) is 17.1 Å². The van der Waals surface area contributed by atoms with Crippen molar-refractivity contribution in [3.05, 3.63) is 71.3 Å². The SMILES string of the molecule is CN1[C@@H]2C=C[C@@H](CC2)[C@@H]1c1ccc(-c2cc(C(F)(F)F)cc(C(F)(F)F)c2)cc1. The van der Waals surface area contributed by atoms with E-state index in [9.17, 15) is 26.3 Å². The highest BCUT2D eigenvalue weighted by molar-refractivity contribution is 5.66. The summed E-state index contributed by atoms with van der Waals surface area (Å²) in [6, 6.07) is 9.02. The summed E-state index contributed by atoms with van der Waals surface area (Å²) in [5.74, 6) is 0.362. The van der Waals surface area contributed by atoms with Gasteiger partial charge >= 0.3 is 12.4 Å². The number of hydrogen-bond acceptors (Lipinski definition) is 1. The van der Waals surface area contributed by atoms with E-state index >= 15 is 0 Å². The minimum Gasteiger partial charge on any atom is -0.292 e. The molecule has 1 fully saturated rings. The average Bonchev–Trinajstić information content (AvgIpc) is 2.67. The second-order valence-corrected chi connectivity index (χ2v) is 7.72. The lowest BCUT2D eigenvalue weighted by Gasteiger charge is -2.46. The second-order valence-electron chi connectivity index (χ2n) is 7.72. The molecule has 3 atom stereocenters. The van der Waals surface area contributed by atoms with Crippen molar-refractivity contribution in [2.45, 2.75) is 37.3 Å². The van der Waals surface area contributed by atoms with Crippen LogP contribution in [-0.4, -0.2) is 18.0 Å². The van der Waals surface area contributed by atoms with Crippen LogP contribution in [0.4, 0.5) is 26.3 Å². The molecule has 1 nitrogen and oxygen atoms in total. The molecule has 154 valence electrons. The first-order valence-electron chi connectivity index (χ1n) is 9.34. The van der Waals surface area contributed by atoms with Crippen molar-refractivity contribution in [2.75, 3.05) is 7.05 Å².